The van der Waals surface area contributed by atoms with E-state index in [0.29, 0.717) is 5.39 Å². The number of sulfone groups is 1. The molecule has 0 N–H and O–H groups in total. The van der Waals surface area contributed by atoms with Crippen molar-refractivity contribution in [1.29, 1.82) is 0 Å². The number of thiophene rings is 1. The fourth-order valence-electron chi connectivity index (χ4n) is 3.85. The van der Waals surface area contributed by atoms with Gasteiger partial charge in [-0.3, -0.25) is 9.36 Å². The molecule has 2 aliphatic rings. The molecular weight excluding hydrogens is 348 g/mol. The van der Waals surface area contributed by atoms with Crippen molar-refractivity contribution in [2.24, 2.45) is 0 Å². The third kappa shape index (κ3) is 2.60. The van der Waals surface area contributed by atoms with Crippen LogP contribution in [0.2, 0.25) is 0 Å². The van der Waals surface area contributed by atoms with Crippen LogP contribution in [0.15, 0.2) is 11.1 Å². The highest BCUT2D eigenvalue weighted by molar-refractivity contribution is 7.91. The lowest BCUT2D eigenvalue weighted by atomic mass is 10.1. The Morgan fingerprint density at radius 3 is 2.83 bits per heavy atom. The van der Waals surface area contributed by atoms with Crippen molar-refractivity contribution in [3.8, 4) is 0 Å². The quantitative estimate of drug-likeness (QED) is 0.754. The highest BCUT2D eigenvalue weighted by atomic mass is 32.2. The molecule has 1 fully saturated rings. The highest BCUT2D eigenvalue weighted by Crippen LogP contribution is 2.33. The van der Waals surface area contributed by atoms with Gasteiger partial charge >= 0.3 is 0 Å². The first kappa shape index (κ1) is 16.2. The maximum atomic E-state index is 13.1. The number of aryl methyl sites for hydroxylation is 2. The van der Waals surface area contributed by atoms with Crippen molar-refractivity contribution in [2.75, 3.05) is 18.6 Å². The molecule has 2 aromatic rings. The zero-order valence-electron chi connectivity index (χ0n) is 13.5. The van der Waals surface area contributed by atoms with E-state index in [2.05, 4.69) is 4.98 Å². The van der Waals surface area contributed by atoms with Gasteiger partial charge in [0.25, 0.3) is 5.56 Å². The van der Waals surface area contributed by atoms with Gasteiger partial charge in [-0.15, -0.1) is 11.3 Å². The summed E-state index contributed by atoms with van der Waals surface area (Å²) in [6.45, 7) is 0. The zero-order valence-corrected chi connectivity index (χ0v) is 15.2. The molecule has 0 amide bonds. The van der Waals surface area contributed by atoms with Crippen LogP contribution in [0, 0.1) is 0 Å². The number of rotatable bonds is 2. The number of methoxy groups -OCH3 is 1. The number of nitrogens with zero attached hydrogens (tertiary/aromatic N) is 2. The minimum Gasteiger partial charge on any atom is -0.378 e. The predicted octanol–water partition coefficient (Wildman–Crippen LogP) is 1.71. The second-order valence-corrected chi connectivity index (χ2v) is 9.86. The fraction of sp³-hybridized carbons (Fsp3) is 0.625. The largest absolute Gasteiger partial charge is 0.378 e. The summed E-state index contributed by atoms with van der Waals surface area (Å²) >= 11 is 1.61. The minimum atomic E-state index is -3.19. The van der Waals surface area contributed by atoms with Gasteiger partial charge in [-0.05, 0) is 31.2 Å². The Hall–Kier alpha value is -1.25. The maximum Gasteiger partial charge on any atom is 0.262 e. The van der Waals surface area contributed by atoms with E-state index >= 15 is 0 Å². The standard InChI is InChI=1S/C16H20N2O4S2/c1-22-12-8-24(20,21)7-11(12)18-9-17-15-14(16(18)19)10-5-3-2-4-6-13(10)23-15/h9,11-12H,2-8H2,1H3/t11-,12-/m1/s1. The van der Waals surface area contributed by atoms with Gasteiger partial charge < -0.3 is 4.74 Å². The van der Waals surface area contributed by atoms with Crippen molar-refractivity contribution in [3.63, 3.8) is 0 Å². The SMILES string of the molecule is CO[C@@H]1CS(=O)(=O)C[C@H]1n1cnc2sc3c(c2c1=O)CCCCC3. The van der Waals surface area contributed by atoms with E-state index in [4.69, 9.17) is 4.74 Å². The molecule has 0 spiro atoms. The second kappa shape index (κ2) is 5.93. The first-order valence-corrected chi connectivity index (χ1v) is 10.9. The van der Waals surface area contributed by atoms with Gasteiger partial charge in [-0.1, -0.05) is 6.42 Å². The van der Waals surface area contributed by atoms with Crippen LogP contribution in [0.25, 0.3) is 10.2 Å². The van der Waals surface area contributed by atoms with Gasteiger partial charge in [0.05, 0.1) is 35.4 Å². The first-order chi connectivity index (χ1) is 11.5. The molecule has 130 valence electrons. The molecule has 24 heavy (non-hydrogen) atoms. The van der Waals surface area contributed by atoms with Crippen LogP contribution in [0.3, 0.4) is 0 Å². The van der Waals surface area contributed by atoms with Gasteiger partial charge in [0, 0.05) is 12.0 Å². The summed E-state index contributed by atoms with van der Waals surface area (Å²) in [5.41, 5.74) is 1.01. The second-order valence-electron chi connectivity index (χ2n) is 6.62. The van der Waals surface area contributed by atoms with Gasteiger partial charge in [0.1, 0.15) is 4.83 Å². The molecule has 1 saturated heterocycles. The molecule has 2 atom stereocenters. The number of hydrogen-bond donors (Lipinski definition) is 0. The van der Waals surface area contributed by atoms with Gasteiger partial charge in [-0.2, -0.15) is 0 Å². The summed E-state index contributed by atoms with van der Waals surface area (Å²) in [7, 11) is -1.70. The third-order valence-electron chi connectivity index (χ3n) is 5.08. The predicted molar refractivity (Wildman–Crippen MR) is 93.6 cm³/mol. The van der Waals surface area contributed by atoms with Crippen LogP contribution in [0.1, 0.15) is 35.7 Å². The molecule has 0 unspecified atom stereocenters. The lowest BCUT2D eigenvalue weighted by Crippen LogP contribution is -2.32. The number of ether oxygens (including phenoxy) is 1. The Balaban J connectivity index is 1.87. The van der Waals surface area contributed by atoms with E-state index in [0.717, 1.165) is 36.1 Å². The lowest BCUT2D eigenvalue weighted by molar-refractivity contribution is 0.0874. The fourth-order valence-corrected chi connectivity index (χ4v) is 6.96. The molecule has 4 rings (SSSR count). The molecule has 1 aliphatic heterocycles. The van der Waals surface area contributed by atoms with E-state index in [1.165, 1.54) is 29.3 Å². The first-order valence-electron chi connectivity index (χ1n) is 8.25. The normalized spacial score (nSPS) is 26.4. The molecule has 0 aromatic carbocycles. The number of fused-ring (bicyclic) bond motifs is 3. The summed E-state index contributed by atoms with van der Waals surface area (Å²) in [5.74, 6) is -0.106. The van der Waals surface area contributed by atoms with E-state index in [1.54, 1.807) is 11.3 Å². The minimum absolute atomic E-state index is 0.0413. The van der Waals surface area contributed by atoms with E-state index in [9.17, 15) is 13.2 Å². The Labute approximate surface area is 144 Å². The maximum absolute atomic E-state index is 13.1. The van der Waals surface area contributed by atoms with E-state index in [-0.39, 0.29) is 17.1 Å². The van der Waals surface area contributed by atoms with Crippen LogP contribution < -0.4 is 5.56 Å². The molecule has 0 radical (unpaired) electrons. The smallest absolute Gasteiger partial charge is 0.262 e. The average molecular weight is 368 g/mol. The summed E-state index contributed by atoms with van der Waals surface area (Å²) in [6, 6.07) is -0.495. The van der Waals surface area contributed by atoms with Crippen molar-refractivity contribution >= 4 is 31.4 Å². The molecular formula is C16H20N2O4S2. The topological polar surface area (TPSA) is 78.3 Å². The van der Waals surface area contributed by atoms with Crippen molar-refractivity contribution in [2.45, 2.75) is 44.2 Å². The Morgan fingerprint density at radius 1 is 1.25 bits per heavy atom. The molecule has 6 nitrogen and oxygen atoms in total. The average Bonchev–Trinajstić information content (AvgIpc) is 2.95. The van der Waals surface area contributed by atoms with Crippen LogP contribution >= 0.6 is 11.3 Å². The molecule has 0 saturated carbocycles. The van der Waals surface area contributed by atoms with Crippen LogP contribution in [-0.2, 0) is 27.4 Å². The van der Waals surface area contributed by atoms with E-state index < -0.39 is 22.0 Å². The molecule has 0 bridgehead atoms. The van der Waals surface area contributed by atoms with Gasteiger partial charge in [0.2, 0.25) is 0 Å². The molecule has 8 heteroatoms. The van der Waals surface area contributed by atoms with E-state index in [1.807, 2.05) is 0 Å². The van der Waals surface area contributed by atoms with Crippen molar-refractivity contribution in [1.82, 2.24) is 9.55 Å². The summed E-state index contributed by atoms with van der Waals surface area (Å²) in [5, 5.41) is 0.693. The lowest BCUT2D eigenvalue weighted by Gasteiger charge is -2.18. The number of hydrogen-bond acceptors (Lipinski definition) is 6. The summed E-state index contributed by atoms with van der Waals surface area (Å²) < 4.78 is 30.8. The van der Waals surface area contributed by atoms with Gasteiger partial charge in [-0.25, -0.2) is 13.4 Å². The Morgan fingerprint density at radius 2 is 2.04 bits per heavy atom. The molecule has 1 aliphatic carbocycles. The Kier molecular flexibility index (Phi) is 4.01. The third-order valence-corrected chi connectivity index (χ3v) is 7.97. The molecule has 2 aromatic heterocycles. The van der Waals surface area contributed by atoms with Crippen molar-refractivity contribution < 1.29 is 13.2 Å². The van der Waals surface area contributed by atoms with Crippen LogP contribution in [-0.4, -0.2) is 42.7 Å². The molecule has 3 heterocycles. The van der Waals surface area contributed by atoms with Crippen LogP contribution in [0.5, 0.6) is 0 Å². The van der Waals surface area contributed by atoms with Crippen molar-refractivity contribution in [3.05, 3.63) is 27.1 Å². The summed E-state index contributed by atoms with van der Waals surface area (Å²) in [4.78, 5) is 19.6. The van der Waals surface area contributed by atoms with Crippen LogP contribution in [0.4, 0.5) is 0 Å². The monoisotopic (exact) mass is 368 g/mol. The summed E-state index contributed by atoms with van der Waals surface area (Å²) in [6.07, 6.45) is 6.35. The highest BCUT2D eigenvalue weighted by Gasteiger charge is 2.40. The Bertz CT molecular complexity index is 945. The number of aromatic nitrogens is 2. The zero-order chi connectivity index (χ0) is 16.9. The van der Waals surface area contributed by atoms with Gasteiger partial charge in [0.15, 0.2) is 9.84 Å².